The molecule has 0 saturated heterocycles. The fraction of sp³-hybridized carbons (Fsp3) is 0.182. The summed E-state index contributed by atoms with van der Waals surface area (Å²) >= 11 is 5.65. The number of carbonyl (C=O) groups is 1. The lowest BCUT2D eigenvalue weighted by Crippen LogP contribution is -2.13. The van der Waals surface area contributed by atoms with Crippen LogP contribution in [0.2, 0.25) is 0 Å². The summed E-state index contributed by atoms with van der Waals surface area (Å²) in [7, 11) is -1.70. The van der Waals surface area contributed by atoms with Crippen molar-refractivity contribution in [3.8, 4) is 0 Å². The predicted molar refractivity (Wildman–Crippen MR) is 62.6 cm³/mol. The predicted octanol–water partition coefficient (Wildman–Crippen LogP) is 1.43. The largest absolute Gasteiger partial charge is 0.426 e. The van der Waals surface area contributed by atoms with Gasteiger partial charge in [0.2, 0.25) is 6.29 Å². The maximum absolute atomic E-state index is 12.1. The Morgan fingerprint density at radius 2 is 1.94 bits per heavy atom. The van der Waals surface area contributed by atoms with Crippen LogP contribution in [0.4, 0.5) is 0 Å². The third kappa shape index (κ3) is 2.26. The van der Waals surface area contributed by atoms with Crippen molar-refractivity contribution in [1.29, 1.82) is 0 Å². The summed E-state index contributed by atoms with van der Waals surface area (Å²) in [6.07, 6.45) is -1.53. The monoisotopic (exact) mass is 272 g/mol. The van der Waals surface area contributed by atoms with Crippen LogP contribution in [0.1, 0.15) is 5.56 Å². The highest BCUT2D eigenvalue weighted by atomic mass is 35.5. The molecule has 2 rings (SSSR count). The van der Waals surface area contributed by atoms with Crippen molar-refractivity contribution in [3.63, 3.8) is 0 Å². The van der Waals surface area contributed by atoms with Gasteiger partial charge in [0.05, 0.1) is 10.8 Å². The van der Waals surface area contributed by atoms with E-state index in [0.717, 1.165) is 5.56 Å². The molecule has 0 saturated carbocycles. The van der Waals surface area contributed by atoms with Gasteiger partial charge in [-0.3, -0.25) is 0 Å². The molecular formula is C11H9ClO4S. The highest BCUT2D eigenvalue weighted by molar-refractivity contribution is 7.89. The summed E-state index contributed by atoms with van der Waals surface area (Å²) in [5, 5.41) is 9.13. The lowest BCUT2D eigenvalue weighted by atomic mass is 10.2. The van der Waals surface area contributed by atoms with Crippen LogP contribution in [0.3, 0.4) is 0 Å². The van der Waals surface area contributed by atoms with Gasteiger partial charge in [0, 0.05) is 4.90 Å². The maximum atomic E-state index is 12.1. The summed E-state index contributed by atoms with van der Waals surface area (Å²) in [6, 6.07) is 6.87. The van der Waals surface area contributed by atoms with Gasteiger partial charge in [-0.1, -0.05) is 29.3 Å². The van der Waals surface area contributed by atoms with Gasteiger partial charge in [0.15, 0.2) is 0 Å². The molecular weight excluding hydrogens is 264 g/mol. The molecule has 0 bridgehead atoms. The number of hydrogen-bond acceptors (Lipinski definition) is 4. The standard InChI is InChI=1S/C11H9ClO4S/c1-6-2-4-7(5-3-6)17(15)9-8(12)10(13)16-11(9)14/h2-5,11,14H,1H3/t11-,17-/m0/s1. The first kappa shape index (κ1) is 12.3. The number of rotatable bonds is 2. The fourth-order valence-electron chi connectivity index (χ4n) is 1.38. The second kappa shape index (κ2) is 4.60. The number of esters is 1. The Balaban J connectivity index is 2.38. The molecule has 0 unspecified atom stereocenters. The van der Waals surface area contributed by atoms with Crippen LogP contribution in [0.25, 0.3) is 0 Å². The number of carbonyl (C=O) groups excluding carboxylic acids is 1. The molecule has 0 spiro atoms. The van der Waals surface area contributed by atoms with Crippen molar-refractivity contribution in [1.82, 2.24) is 0 Å². The summed E-state index contributed by atoms with van der Waals surface area (Å²) < 4.78 is 16.6. The number of benzene rings is 1. The minimum Gasteiger partial charge on any atom is -0.426 e. The molecule has 1 aromatic carbocycles. The van der Waals surface area contributed by atoms with Crippen LogP contribution in [-0.4, -0.2) is 21.6 Å². The minimum atomic E-state index is -1.70. The van der Waals surface area contributed by atoms with Gasteiger partial charge in [0.25, 0.3) is 0 Å². The molecule has 1 aliphatic heterocycles. The van der Waals surface area contributed by atoms with Gasteiger partial charge in [0.1, 0.15) is 9.94 Å². The molecule has 2 atom stereocenters. The number of cyclic esters (lactones) is 1. The Kier molecular flexibility index (Phi) is 3.33. The van der Waals surface area contributed by atoms with Gasteiger partial charge >= 0.3 is 5.97 Å². The van der Waals surface area contributed by atoms with E-state index in [1.165, 1.54) is 0 Å². The number of aliphatic hydroxyl groups is 1. The molecule has 1 N–H and O–H groups in total. The maximum Gasteiger partial charge on any atom is 0.353 e. The van der Waals surface area contributed by atoms with E-state index in [1.54, 1.807) is 24.3 Å². The average Bonchev–Trinajstić information content (AvgIpc) is 2.53. The summed E-state index contributed by atoms with van der Waals surface area (Å²) in [5.74, 6) is -0.852. The number of aliphatic hydroxyl groups excluding tert-OH is 1. The summed E-state index contributed by atoms with van der Waals surface area (Å²) in [6.45, 7) is 1.90. The second-order valence-electron chi connectivity index (χ2n) is 3.52. The first-order chi connectivity index (χ1) is 8.00. The van der Waals surface area contributed by atoms with E-state index in [4.69, 9.17) is 11.6 Å². The lowest BCUT2D eigenvalue weighted by Gasteiger charge is -2.07. The van der Waals surface area contributed by atoms with Gasteiger partial charge in [-0.15, -0.1) is 0 Å². The van der Waals surface area contributed by atoms with Gasteiger partial charge in [-0.25, -0.2) is 9.00 Å². The zero-order valence-electron chi connectivity index (χ0n) is 8.84. The average molecular weight is 273 g/mol. The van der Waals surface area contributed by atoms with Gasteiger partial charge in [-0.2, -0.15) is 0 Å². The van der Waals surface area contributed by atoms with Crippen LogP contribution in [0.15, 0.2) is 39.1 Å². The number of ether oxygens (including phenoxy) is 1. The molecule has 1 aromatic rings. The number of aryl methyl sites for hydroxylation is 1. The van der Waals surface area contributed by atoms with Crippen LogP contribution in [0.5, 0.6) is 0 Å². The molecule has 0 radical (unpaired) electrons. The Labute approximate surface area is 105 Å². The molecule has 6 heteroatoms. The topological polar surface area (TPSA) is 63.6 Å². The highest BCUT2D eigenvalue weighted by Gasteiger charge is 2.36. The van der Waals surface area contributed by atoms with Crippen molar-refractivity contribution in [3.05, 3.63) is 39.8 Å². The molecule has 1 heterocycles. The van der Waals surface area contributed by atoms with Crippen molar-refractivity contribution in [2.24, 2.45) is 0 Å². The molecule has 0 aliphatic carbocycles. The first-order valence-electron chi connectivity index (χ1n) is 4.78. The number of hydrogen-bond donors (Lipinski definition) is 1. The Morgan fingerprint density at radius 1 is 1.35 bits per heavy atom. The normalized spacial score (nSPS) is 21.6. The Hall–Kier alpha value is -1.17. The second-order valence-corrected chi connectivity index (χ2v) is 5.34. The zero-order valence-corrected chi connectivity index (χ0v) is 10.4. The van der Waals surface area contributed by atoms with Crippen LogP contribution < -0.4 is 0 Å². The number of halogens is 1. The molecule has 17 heavy (non-hydrogen) atoms. The van der Waals surface area contributed by atoms with E-state index in [1.807, 2.05) is 6.92 Å². The van der Waals surface area contributed by atoms with Crippen molar-refractivity contribution in [2.45, 2.75) is 18.1 Å². The van der Waals surface area contributed by atoms with Crippen LogP contribution in [-0.2, 0) is 20.3 Å². The summed E-state index contributed by atoms with van der Waals surface area (Å²) in [4.78, 5) is 11.4. The van der Waals surface area contributed by atoms with Crippen LogP contribution in [0, 0.1) is 6.92 Å². The first-order valence-corrected chi connectivity index (χ1v) is 6.30. The smallest absolute Gasteiger partial charge is 0.353 e. The van der Waals surface area contributed by atoms with E-state index in [9.17, 15) is 14.1 Å². The van der Waals surface area contributed by atoms with E-state index in [-0.39, 0.29) is 9.94 Å². The molecule has 4 nitrogen and oxygen atoms in total. The fourth-order valence-corrected chi connectivity index (χ4v) is 2.84. The lowest BCUT2D eigenvalue weighted by molar-refractivity contribution is -0.150. The molecule has 1 aliphatic rings. The van der Waals surface area contributed by atoms with Crippen molar-refractivity contribution >= 4 is 28.4 Å². The van der Waals surface area contributed by atoms with Gasteiger partial charge < -0.3 is 9.84 Å². The van der Waals surface area contributed by atoms with Crippen LogP contribution >= 0.6 is 11.6 Å². The van der Waals surface area contributed by atoms with E-state index in [2.05, 4.69) is 4.74 Å². The minimum absolute atomic E-state index is 0.0967. The molecule has 0 fully saturated rings. The molecule has 0 aromatic heterocycles. The Bertz CT molecular complexity index is 521. The quantitative estimate of drug-likeness (QED) is 0.827. The Morgan fingerprint density at radius 3 is 2.41 bits per heavy atom. The SMILES string of the molecule is Cc1ccc([S@](=O)C2=C(Cl)C(=O)O[C@@H]2O)cc1. The zero-order chi connectivity index (χ0) is 12.6. The molecule has 90 valence electrons. The van der Waals surface area contributed by atoms with E-state index in [0.29, 0.717) is 4.90 Å². The molecule has 0 amide bonds. The van der Waals surface area contributed by atoms with Crippen molar-refractivity contribution in [2.75, 3.05) is 0 Å². The van der Waals surface area contributed by atoms with E-state index >= 15 is 0 Å². The van der Waals surface area contributed by atoms with Crippen molar-refractivity contribution < 1.29 is 18.8 Å². The highest BCUT2D eigenvalue weighted by Crippen LogP contribution is 2.30. The van der Waals surface area contributed by atoms with Gasteiger partial charge in [-0.05, 0) is 19.1 Å². The third-order valence-electron chi connectivity index (χ3n) is 2.27. The third-order valence-corrected chi connectivity index (χ3v) is 4.25. The van der Waals surface area contributed by atoms with E-state index < -0.39 is 23.1 Å². The summed E-state index contributed by atoms with van der Waals surface area (Å²) in [5.41, 5.74) is 1.02.